The van der Waals surface area contributed by atoms with Gasteiger partial charge in [-0.25, -0.2) is 14.8 Å². The molecule has 0 aliphatic rings. The van der Waals surface area contributed by atoms with Gasteiger partial charge in [-0.2, -0.15) is 0 Å². The zero-order valence-electron chi connectivity index (χ0n) is 5.90. The highest BCUT2D eigenvalue weighted by atomic mass is 16.4. The van der Waals surface area contributed by atoms with Crippen LogP contribution in [-0.2, 0) is 0 Å². The minimum Gasteiger partial charge on any atom is -0.465 e. The number of anilines is 1. The molecule has 11 heavy (non-hydrogen) atoms. The average molecular weight is 153 g/mol. The molecule has 0 saturated heterocycles. The Kier molecular flexibility index (Phi) is 2.00. The van der Waals surface area contributed by atoms with E-state index in [1.807, 2.05) is 0 Å². The Morgan fingerprint density at radius 2 is 2.09 bits per heavy atom. The van der Waals surface area contributed by atoms with Crippen LogP contribution in [0.2, 0.25) is 0 Å². The van der Waals surface area contributed by atoms with E-state index in [9.17, 15) is 4.79 Å². The summed E-state index contributed by atoms with van der Waals surface area (Å²) in [4.78, 5) is 17.7. The second-order valence-electron chi connectivity index (χ2n) is 1.95. The molecule has 0 bridgehead atoms. The summed E-state index contributed by atoms with van der Waals surface area (Å²) in [6.07, 6.45) is 1.71. The molecule has 2 N–H and O–H groups in total. The van der Waals surface area contributed by atoms with Crippen molar-refractivity contribution >= 4 is 11.8 Å². The molecule has 0 aromatic carbocycles. The maximum absolute atomic E-state index is 10.1. The highest BCUT2D eigenvalue weighted by Crippen LogP contribution is 2.00. The second kappa shape index (κ2) is 2.96. The predicted octanol–water partition coefficient (Wildman–Crippen LogP) is 0.875. The number of hydrogen-bond donors (Lipinski definition) is 2. The number of amides is 1. The number of aryl methyl sites for hydroxylation is 1. The van der Waals surface area contributed by atoms with Crippen LogP contribution < -0.4 is 5.32 Å². The molecule has 0 unspecified atom stereocenters. The van der Waals surface area contributed by atoms with E-state index in [0.29, 0.717) is 11.5 Å². The lowest BCUT2D eigenvalue weighted by atomic mass is 10.5. The van der Waals surface area contributed by atoms with Gasteiger partial charge in [0.25, 0.3) is 0 Å². The predicted molar refractivity (Wildman–Crippen MR) is 38.4 cm³/mol. The van der Waals surface area contributed by atoms with E-state index in [1.54, 1.807) is 6.92 Å². The van der Waals surface area contributed by atoms with E-state index in [0.717, 1.165) is 0 Å². The van der Waals surface area contributed by atoms with Crippen LogP contribution in [0.5, 0.6) is 0 Å². The van der Waals surface area contributed by atoms with Crippen molar-refractivity contribution in [3.8, 4) is 0 Å². The van der Waals surface area contributed by atoms with Crippen LogP contribution in [0.4, 0.5) is 10.5 Å². The molecule has 0 fully saturated rings. The van der Waals surface area contributed by atoms with Crippen molar-refractivity contribution in [2.24, 2.45) is 0 Å². The Balaban J connectivity index is 2.74. The van der Waals surface area contributed by atoms with Crippen LogP contribution in [0.25, 0.3) is 0 Å². The summed E-state index contributed by atoms with van der Waals surface area (Å²) < 4.78 is 0. The molecule has 1 heterocycles. The van der Waals surface area contributed by atoms with Crippen LogP contribution in [0.15, 0.2) is 12.4 Å². The highest BCUT2D eigenvalue weighted by Gasteiger charge is 1.96. The second-order valence-corrected chi connectivity index (χ2v) is 1.95. The zero-order chi connectivity index (χ0) is 8.27. The van der Waals surface area contributed by atoms with Crippen molar-refractivity contribution < 1.29 is 9.90 Å². The first-order chi connectivity index (χ1) is 5.18. The van der Waals surface area contributed by atoms with Gasteiger partial charge in [-0.1, -0.05) is 0 Å². The first-order valence-corrected chi connectivity index (χ1v) is 2.97. The fourth-order valence-electron chi connectivity index (χ4n) is 0.581. The molecule has 1 rings (SSSR count). The molecular weight excluding hydrogens is 146 g/mol. The summed E-state index contributed by atoms with van der Waals surface area (Å²) in [5.74, 6) is 0.612. The summed E-state index contributed by atoms with van der Waals surface area (Å²) in [6, 6.07) is 0. The minimum atomic E-state index is -1.11. The summed E-state index contributed by atoms with van der Waals surface area (Å²) in [5.41, 5.74) is 0.378. The third-order valence-corrected chi connectivity index (χ3v) is 1.03. The van der Waals surface area contributed by atoms with E-state index >= 15 is 0 Å². The van der Waals surface area contributed by atoms with E-state index < -0.39 is 6.09 Å². The van der Waals surface area contributed by atoms with Crippen molar-refractivity contribution in [3.63, 3.8) is 0 Å². The molecule has 58 valence electrons. The Morgan fingerprint density at radius 1 is 1.55 bits per heavy atom. The molecule has 0 aliphatic carbocycles. The molecule has 0 radical (unpaired) electrons. The van der Waals surface area contributed by atoms with Crippen LogP contribution in [0.3, 0.4) is 0 Å². The number of carbonyl (C=O) groups is 1. The first-order valence-electron chi connectivity index (χ1n) is 2.97. The van der Waals surface area contributed by atoms with Gasteiger partial charge in [0.2, 0.25) is 0 Å². The third kappa shape index (κ3) is 2.21. The quantitative estimate of drug-likeness (QED) is 0.627. The molecule has 5 nitrogen and oxygen atoms in total. The van der Waals surface area contributed by atoms with Crippen LogP contribution in [0.1, 0.15) is 5.82 Å². The topological polar surface area (TPSA) is 75.1 Å². The Bertz CT molecular complexity index is 257. The van der Waals surface area contributed by atoms with Gasteiger partial charge < -0.3 is 5.11 Å². The molecule has 5 heteroatoms. The molecule has 1 amide bonds. The van der Waals surface area contributed by atoms with E-state index in [1.165, 1.54) is 12.4 Å². The summed E-state index contributed by atoms with van der Waals surface area (Å²) in [7, 11) is 0. The Hall–Kier alpha value is -1.65. The number of rotatable bonds is 1. The van der Waals surface area contributed by atoms with Crippen LogP contribution in [-0.4, -0.2) is 21.2 Å². The van der Waals surface area contributed by atoms with Gasteiger partial charge in [0.05, 0.1) is 18.1 Å². The summed E-state index contributed by atoms with van der Waals surface area (Å²) in [6.45, 7) is 1.73. The molecule has 1 aromatic heterocycles. The number of aromatic nitrogens is 2. The van der Waals surface area contributed by atoms with E-state index in [4.69, 9.17) is 5.11 Å². The number of nitrogens with one attached hydrogen (secondary N) is 1. The smallest absolute Gasteiger partial charge is 0.409 e. The van der Waals surface area contributed by atoms with Gasteiger partial charge >= 0.3 is 6.09 Å². The highest BCUT2D eigenvalue weighted by molar-refractivity contribution is 5.82. The maximum atomic E-state index is 10.1. The van der Waals surface area contributed by atoms with Crippen LogP contribution >= 0.6 is 0 Å². The number of carboxylic acid groups (broad SMARTS) is 1. The van der Waals surface area contributed by atoms with Crippen molar-refractivity contribution in [2.75, 3.05) is 5.32 Å². The van der Waals surface area contributed by atoms with Gasteiger partial charge in [-0.3, -0.25) is 5.32 Å². The maximum Gasteiger partial charge on any atom is 0.409 e. The molecule has 0 spiro atoms. The van der Waals surface area contributed by atoms with Crippen molar-refractivity contribution in [3.05, 3.63) is 18.2 Å². The largest absolute Gasteiger partial charge is 0.465 e. The summed E-state index contributed by atoms with van der Waals surface area (Å²) >= 11 is 0. The Morgan fingerprint density at radius 3 is 2.55 bits per heavy atom. The number of nitrogens with zero attached hydrogens (tertiary/aromatic N) is 2. The molecule has 0 aliphatic heterocycles. The molecule has 1 aromatic rings. The lowest BCUT2D eigenvalue weighted by Crippen LogP contribution is -2.07. The first kappa shape index (κ1) is 7.46. The standard InChI is InChI=1S/C6H7N3O2/c1-4-7-2-5(3-8-4)9-6(10)11/h2-3,9H,1H3,(H,10,11). The molecule has 0 saturated carbocycles. The molecular formula is C6H7N3O2. The lowest BCUT2D eigenvalue weighted by Gasteiger charge is -1.97. The SMILES string of the molecule is Cc1ncc(NC(=O)O)cn1. The third-order valence-electron chi connectivity index (χ3n) is 1.03. The Labute approximate surface area is 63.1 Å². The van der Waals surface area contributed by atoms with Gasteiger partial charge in [-0.05, 0) is 6.92 Å². The summed E-state index contributed by atoms with van der Waals surface area (Å²) in [5, 5.41) is 10.4. The van der Waals surface area contributed by atoms with Gasteiger partial charge in [0, 0.05) is 0 Å². The van der Waals surface area contributed by atoms with E-state index in [-0.39, 0.29) is 0 Å². The lowest BCUT2D eigenvalue weighted by molar-refractivity contribution is 0.209. The zero-order valence-corrected chi connectivity index (χ0v) is 5.90. The number of hydrogen-bond acceptors (Lipinski definition) is 3. The van der Waals surface area contributed by atoms with Crippen molar-refractivity contribution in [1.29, 1.82) is 0 Å². The monoisotopic (exact) mass is 153 g/mol. The van der Waals surface area contributed by atoms with Gasteiger partial charge in [-0.15, -0.1) is 0 Å². The fourth-order valence-corrected chi connectivity index (χ4v) is 0.581. The van der Waals surface area contributed by atoms with E-state index in [2.05, 4.69) is 15.3 Å². The normalized spacial score (nSPS) is 9.18. The van der Waals surface area contributed by atoms with Crippen LogP contribution in [0, 0.1) is 6.92 Å². The van der Waals surface area contributed by atoms with Crippen molar-refractivity contribution in [2.45, 2.75) is 6.92 Å². The minimum absolute atomic E-state index is 0.378. The fraction of sp³-hybridized carbons (Fsp3) is 0.167. The molecule has 0 atom stereocenters. The van der Waals surface area contributed by atoms with Crippen molar-refractivity contribution in [1.82, 2.24) is 9.97 Å². The van der Waals surface area contributed by atoms with Gasteiger partial charge in [0.1, 0.15) is 5.82 Å². The average Bonchev–Trinajstić information content (AvgIpc) is 1.93. The van der Waals surface area contributed by atoms with Gasteiger partial charge in [0.15, 0.2) is 0 Å².